The third kappa shape index (κ3) is 5.94. The topological polar surface area (TPSA) is 62.2 Å². The lowest BCUT2D eigenvalue weighted by atomic mass is 10.0. The molecule has 0 spiro atoms. The van der Waals surface area contributed by atoms with Crippen LogP contribution in [0.2, 0.25) is 0 Å². The first-order chi connectivity index (χ1) is 14.6. The molecule has 0 aliphatic carbocycles. The summed E-state index contributed by atoms with van der Waals surface area (Å²) in [6.07, 6.45) is 4.73. The molecule has 0 aliphatic rings. The molecule has 2 N–H and O–H groups in total. The van der Waals surface area contributed by atoms with Crippen LogP contribution in [0.4, 0.5) is 4.79 Å². The van der Waals surface area contributed by atoms with Crippen molar-refractivity contribution in [2.45, 2.75) is 32.5 Å². The van der Waals surface area contributed by atoms with Gasteiger partial charge in [-0.15, -0.1) is 0 Å². The third-order valence-electron chi connectivity index (χ3n) is 5.30. The van der Waals surface area contributed by atoms with Crippen molar-refractivity contribution in [1.29, 1.82) is 0 Å². The monoisotopic (exact) mass is 405 g/mol. The molecule has 1 atom stereocenters. The van der Waals surface area contributed by atoms with Gasteiger partial charge >= 0.3 is 6.03 Å². The van der Waals surface area contributed by atoms with Crippen LogP contribution in [0.15, 0.2) is 67.0 Å². The number of urea groups is 1. The number of carbonyl (C=O) groups excluding carboxylic acids is 1. The zero-order valence-corrected chi connectivity index (χ0v) is 18.0. The minimum Gasteiger partial charge on any atom is -0.336 e. The van der Waals surface area contributed by atoms with E-state index in [0.29, 0.717) is 19.6 Å². The molecule has 1 heterocycles. The van der Waals surface area contributed by atoms with Gasteiger partial charge in [0.2, 0.25) is 0 Å². The van der Waals surface area contributed by atoms with Gasteiger partial charge in [0.25, 0.3) is 0 Å². The minimum absolute atomic E-state index is 0.119. The Balaban J connectivity index is 1.55. The van der Waals surface area contributed by atoms with Crippen molar-refractivity contribution in [1.82, 2.24) is 25.3 Å². The maximum absolute atomic E-state index is 12.4. The van der Waals surface area contributed by atoms with Gasteiger partial charge in [-0.3, -0.25) is 4.68 Å². The van der Waals surface area contributed by atoms with Gasteiger partial charge in [-0.05, 0) is 48.8 Å². The van der Waals surface area contributed by atoms with Gasteiger partial charge in [-0.1, -0.05) is 55.5 Å². The fourth-order valence-electron chi connectivity index (χ4n) is 3.45. The number of hydrogen-bond donors (Lipinski definition) is 2. The van der Waals surface area contributed by atoms with Crippen molar-refractivity contribution < 1.29 is 4.79 Å². The van der Waals surface area contributed by atoms with Gasteiger partial charge in [0.15, 0.2) is 0 Å². The van der Waals surface area contributed by atoms with Gasteiger partial charge in [0.05, 0.1) is 12.6 Å². The van der Waals surface area contributed by atoms with Crippen molar-refractivity contribution in [3.8, 4) is 0 Å². The minimum atomic E-state index is -0.166. The highest BCUT2D eigenvalue weighted by molar-refractivity contribution is 5.73. The van der Waals surface area contributed by atoms with Gasteiger partial charge in [-0.2, -0.15) is 5.10 Å². The first-order valence-electron chi connectivity index (χ1n) is 10.4. The molecule has 0 saturated heterocycles. The zero-order valence-electron chi connectivity index (χ0n) is 18.0. The van der Waals surface area contributed by atoms with E-state index in [0.717, 1.165) is 17.5 Å². The van der Waals surface area contributed by atoms with E-state index in [-0.39, 0.29) is 12.1 Å². The van der Waals surface area contributed by atoms with Crippen LogP contribution in [0.1, 0.15) is 35.2 Å². The lowest BCUT2D eigenvalue weighted by molar-refractivity contribution is 0.232. The van der Waals surface area contributed by atoms with Crippen molar-refractivity contribution in [2.75, 3.05) is 20.6 Å². The number of rotatable bonds is 9. The molecule has 158 valence electrons. The number of carbonyl (C=O) groups is 1. The second-order valence-corrected chi connectivity index (χ2v) is 7.61. The number of aromatic nitrogens is 2. The van der Waals surface area contributed by atoms with Crippen LogP contribution in [0.3, 0.4) is 0 Å². The zero-order chi connectivity index (χ0) is 21.3. The number of amides is 2. The van der Waals surface area contributed by atoms with E-state index in [1.807, 2.05) is 49.2 Å². The summed E-state index contributed by atoms with van der Waals surface area (Å²) in [6.45, 7) is 3.85. The molecule has 0 aliphatic heterocycles. The van der Waals surface area contributed by atoms with Crippen molar-refractivity contribution in [2.24, 2.45) is 0 Å². The Hall–Kier alpha value is -3.12. The van der Waals surface area contributed by atoms with Crippen molar-refractivity contribution in [3.05, 3.63) is 89.2 Å². The Kier molecular flexibility index (Phi) is 7.63. The summed E-state index contributed by atoms with van der Waals surface area (Å²) in [5, 5.41) is 10.3. The van der Waals surface area contributed by atoms with Gasteiger partial charge in [0.1, 0.15) is 0 Å². The SMILES string of the molecule is CCc1ccc(C(CNC(=O)NCc2ccccc2Cn2cccn2)N(C)C)cc1. The predicted octanol–water partition coefficient (Wildman–Crippen LogP) is 3.60. The molecule has 0 bridgehead atoms. The molecular formula is C24H31N5O. The lowest BCUT2D eigenvalue weighted by Gasteiger charge is -2.25. The Bertz CT molecular complexity index is 919. The van der Waals surface area contributed by atoms with E-state index in [4.69, 9.17) is 0 Å². The summed E-state index contributed by atoms with van der Waals surface area (Å²) in [5.74, 6) is 0. The molecule has 30 heavy (non-hydrogen) atoms. The highest BCUT2D eigenvalue weighted by Gasteiger charge is 2.15. The quantitative estimate of drug-likeness (QED) is 0.572. The van der Waals surface area contributed by atoms with E-state index >= 15 is 0 Å². The number of nitrogens with zero attached hydrogens (tertiary/aromatic N) is 3. The van der Waals surface area contributed by atoms with Gasteiger partial charge < -0.3 is 15.5 Å². The molecule has 2 aromatic carbocycles. The van der Waals surface area contributed by atoms with E-state index in [1.54, 1.807) is 6.20 Å². The van der Waals surface area contributed by atoms with Crippen LogP contribution in [-0.2, 0) is 19.5 Å². The summed E-state index contributed by atoms with van der Waals surface area (Å²) in [7, 11) is 4.06. The molecule has 2 amide bonds. The third-order valence-corrected chi connectivity index (χ3v) is 5.30. The first-order valence-corrected chi connectivity index (χ1v) is 10.4. The van der Waals surface area contributed by atoms with E-state index in [1.165, 1.54) is 11.1 Å². The van der Waals surface area contributed by atoms with E-state index < -0.39 is 0 Å². The fourth-order valence-corrected chi connectivity index (χ4v) is 3.45. The van der Waals surface area contributed by atoms with Gasteiger partial charge in [-0.25, -0.2) is 4.79 Å². The van der Waals surface area contributed by atoms with Crippen LogP contribution >= 0.6 is 0 Å². The average Bonchev–Trinajstić information content (AvgIpc) is 3.26. The Morgan fingerprint density at radius 1 is 1.03 bits per heavy atom. The maximum atomic E-state index is 12.4. The molecule has 6 heteroatoms. The Morgan fingerprint density at radius 2 is 1.77 bits per heavy atom. The number of nitrogens with one attached hydrogen (secondary N) is 2. The van der Waals surface area contributed by atoms with Crippen molar-refractivity contribution in [3.63, 3.8) is 0 Å². The number of aryl methyl sites for hydroxylation is 1. The average molecular weight is 406 g/mol. The first kappa shape index (κ1) is 21.6. The predicted molar refractivity (Wildman–Crippen MR) is 120 cm³/mol. The number of likely N-dealkylation sites (N-methyl/N-ethyl adjacent to an activating group) is 1. The van der Waals surface area contributed by atoms with Crippen LogP contribution in [0, 0.1) is 0 Å². The summed E-state index contributed by atoms with van der Waals surface area (Å²) in [5.41, 5.74) is 4.74. The standard InChI is InChI=1S/C24H31N5O/c1-4-19-10-12-20(13-11-19)23(28(2)3)17-26-24(30)25-16-21-8-5-6-9-22(21)18-29-15-7-14-27-29/h5-15,23H,4,16-18H2,1-3H3,(H2,25,26,30). The van der Waals surface area contributed by atoms with Crippen LogP contribution in [0.5, 0.6) is 0 Å². The molecule has 3 aromatic rings. The summed E-state index contributed by atoms with van der Waals surface area (Å²) in [6, 6.07) is 18.6. The van der Waals surface area contributed by atoms with E-state index in [2.05, 4.69) is 57.9 Å². The summed E-state index contributed by atoms with van der Waals surface area (Å²) < 4.78 is 1.88. The second-order valence-electron chi connectivity index (χ2n) is 7.61. The molecule has 6 nitrogen and oxygen atoms in total. The fraction of sp³-hybridized carbons (Fsp3) is 0.333. The van der Waals surface area contributed by atoms with Crippen LogP contribution in [-0.4, -0.2) is 41.4 Å². The highest BCUT2D eigenvalue weighted by atomic mass is 16.2. The Labute approximate surface area is 178 Å². The summed E-state index contributed by atoms with van der Waals surface area (Å²) in [4.78, 5) is 14.6. The molecule has 1 aromatic heterocycles. The second kappa shape index (κ2) is 10.6. The Morgan fingerprint density at radius 3 is 2.40 bits per heavy atom. The molecule has 1 unspecified atom stereocenters. The van der Waals surface area contributed by atoms with Crippen LogP contribution < -0.4 is 10.6 Å². The number of benzene rings is 2. The molecule has 0 radical (unpaired) electrons. The molecule has 0 fully saturated rings. The molecule has 3 rings (SSSR count). The normalized spacial score (nSPS) is 12.0. The maximum Gasteiger partial charge on any atom is 0.315 e. The highest BCUT2D eigenvalue weighted by Crippen LogP contribution is 2.18. The molecular weight excluding hydrogens is 374 g/mol. The largest absolute Gasteiger partial charge is 0.336 e. The number of hydrogen-bond acceptors (Lipinski definition) is 3. The lowest BCUT2D eigenvalue weighted by Crippen LogP contribution is -2.40. The van der Waals surface area contributed by atoms with Crippen LogP contribution in [0.25, 0.3) is 0 Å². The van der Waals surface area contributed by atoms with E-state index in [9.17, 15) is 4.79 Å². The summed E-state index contributed by atoms with van der Waals surface area (Å²) >= 11 is 0. The van der Waals surface area contributed by atoms with Crippen molar-refractivity contribution >= 4 is 6.03 Å². The molecule has 0 saturated carbocycles. The van der Waals surface area contributed by atoms with Gasteiger partial charge in [0, 0.05) is 25.5 Å². The smallest absolute Gasteiger partial charge is 0.315 e.